The molecule has 0 spiro atoms. The lowest BCUT2D eigenvalue weighted by Gasteiger charge is -2.17. The van der Waals surface area contributed by atoms with E-state index in [2.05, 4.69) is 20.5 Å². The molecular weight excluding hydrogens is 352 g/mol. The third-order valence-electron chi connectivity index (χ3n) is 5.05. The Labute approximate surface area is 163 Å². The Hall–Kier alpha value is -3.28. The average molecular weight is 374 g/mol. The van der Waals surface area contributed by atoms with Crippen LogP contribution < -0.4 is 10.9 Å². The van der Waals surface area contributed by atoms with Gasteiger partial charge in [0.25, 0.3) is 5.56 Å². The van der Waals surface area contributed by atoms with E-state index in [9.17, 15) is 9.59 Å². The first-order valence-corrected chi connectivity index (χ1v) is 9.56. The van der Waals surface area contributed by atoms with Crippen molar-refractivity contribution in [2.24, 2.45) is 0 Å². The molecule has 1 aliphatic carbocycles. The van der Waals surface area contributed by atoms with Crippen molar-refractivity contribution in [2.45, 2.75) is 38.5 Å². The van der Waals surface area contributed by atoms with Gasteiger partial charge in [-0.2, -0.15) is 5.10 Å². The molecule has 1 aliphatic rings. The summed E-state index contributed by atoms with van der Waals surface area (Å²) in [7, 11) is 0. The highest BCUT2D eigenvalue weighted by atomic mass is 16.1. The molecule has 6 heteroatoms. The molecule has 28 heavy (non-hydrogen) atoms. The number of nitrogens with zero attached hydrogens (tertiary/aromatic N) is 2. The highest BCUT2D eigenvalue weighted by Gasteiger charge is 2.18. The standard InChI is InChI=1S/C22H22N4O2/c27-21(13-16-6-4-10-23-14-16)24-17-7-3-5-15(11-17)12-20-18-8-1-2-9-19(18)22(28)26-25-20/h3-7,10-11,14H,1-2,8-9,12-13H2,(H,24,27)(H,26,28). The lowest BCUT2D eigenvalue weighted by molar-refractivity contribution is -0.115. The van der Waals surface area contributed by atoms with Crippen LogP contribution in [-0.2, 0) is 30.5 Å². The summed E-state index contributed by atoms with van der Waals surface area (Å²) in [5.41, 5.74) is 5.53. The van der Waals surface area contributed by atoms with Crippen molar-refractivity contribution in [3.05, 3.63) is 87.1 Å². The Kier molecular flexibility index (Phi) is 5.28. The minimum absolute atomic E-state index is 0.0603. The van der Waals surface area contributed by atoms with E-state index in [1.807, 2.05) is 36.4 Å². The van der Waals surface area contributed by atoms with Crippen molar-refractivity contribution < 1.29 is 4.79 Å². The van der Waals surface area contributed by atoms with E-state index in [0.29, 0.717) is 6.42 Å². The molecular formula is C22H22N4O2. The van der Waals surface area contributed by atoms with E-state index in [4.69, 9.17) is 0 Å². The minimum atomic E-state index is -0.0790. The summed E-state index contributed by atoms with van der Waals surface area (Å²) in [6, 6.07) is 11.5. The predicted octanol–water partition coefficient (Wildman–Crippen LogP) is 2.82. The van der Waals surface area contributed by atoms with Crippen LogP contribution in [0.15, 0.2) is 53.6 Å². The number of fused-ring (bicyclic) bond motifs is 1. The Morgan fingerprint density at radius 3 is 2.71 bits per heavy atom. The van der Waals surface area contributed by atoms with E-state index in [0.717, 1.165) is 59.3 Å². The fourth-order valence-corrected chi connectivity index (χ4v) is 3.72. The zero-order valence-electron chi connectivity index (χ0n) is 15.6. The smallest absolute Gasteiger partial charge is 0.267 e. The second-order valence-electron chi connectivity index (χ2n) is 7.13. The SMILES string of the molecule is O=C(Cc1cccnc1)Nc1cccc(Cc2n[nH]c(=O)c3c2CCCC3)c1. The van der Waals surface area contributed by atoms with Crippen molar-refractivity contribution in [3.63, 3.8) is 0 Å². The van der Waals surface area contributed by atoms with Crippen LogP contribution in [0.1, 0.15) is 40.8 Å². The summed E-state index contributed by atoms with van der Waals surface area (Å²) in [6.45, 7) is 0. The molecule has 0 bridgehead atoms. The summed E-state index contributed by atoms with van der Waals surface area (Å²) in [4.78, 5) is 28.3. The number of amides is 1. The summed E-state index contributed by atoms with van der Waals surface area (Å²) in [6.07, 6.45) is 8.18. The van der Waals surface area contributed by atoms with Crippen LogP contribution in [0.4, 0.5) is 5.69 Å². The van der Waals surface area contributed by atoms with E-state index < -0.39 is 0 Å². The van der Waals surface area contributed by atoms with Crippen LogP contribution in [0.3, 0.4) is 0 Å². The third kappa shape index (κ3) is 4.17. The van der Waals surface area contributed by atoms with Crippen LogP contribution >= 0.6 is 0 Å². The molecule has 0 saturated carbocycles. The molecule has 0 unspecified atom stereocenters. The summed E-state index contributed by atoms with van der Waals surface area (Å²) in [5.74, 6) is -0.0790. The van der Waals surface area contributed by atoms with E-state index in [1.165, 1.54) is 0 Å². The molecule has 0 radical (unpaired) electrons. The first-order chi connectivity index (χ1) is 13.7. The molecule has 3 aromatic rings. The maximum atomic E-state index is 12.3. The maximum Gasteiger partial charge on any atom is 0.267 e. The number of carbonyl (C=O) groups excluding carboxylic acids is 1. The number of anilines is 1. The maximum absolute atomic E-state index is 12.3. The largest absolute Gasteiger partial charge is 0.326 e. The number of H-pyrrole nitrogens is 1. The first kappa shape index (κ1) is 18.1. The van der Waals surface area contributed by atoms with Gasteiger partial charge in [-0.05, 0) is 60.6 Å². The second kappa shape index (κ2) is 8.17. The van der Waals surface area contributed by atoms with Crippen LogP contribution in [-0.4, -0.2) is 21.1 Å². The van der Waals surface area contributed by atoms with E-state index >= 15 is 0 Å². The number of hydrogen-bond acceptors (Lipinski definition) is 4. The first-order valence-electron chi connectivity index (χ1n) is 9.56. The number of aromatic nitrogens is 3. The summed E-state index contributed by atoms with van der Waals surface area (Å²) < 4.78 is 0. The minimum Gasteiger partial charge on any atom is -0.326 e. The molecule has 2 aromatic heterocycles. The molecule has 0 aliphatic heterocycles. The molecule has 1 aromatic carbocycles. The normalized spacial score (nSPS) is 13.0. The van der Waals surface area contributed by atoms with Gasteiger partial charge in [0.15, 0.2) is 0 Å². The van der Waals surface area contributed by atoms with Crippen LogP contribution in [0.25, 0.3) is 0 Å². The molecule has 0 fully saturated rings. The van der Waals surface area contributed by atoms with Gasteiger partial charge in [0, 0.05) is 30.1 Å². The fraction of sp³-hybridized carbons (Fsp3) is 0.273. The average Bonchev–Trinajstić information content (AvgIpc) is 2.71. The molecule has 142 valence electrons. The predicted molar refractivity (Wildman–Crippen MR) is 107 cm³/mol. The number of pyridine rings is 1. The number of benzene rings is 1. The van der Waals surface area contributed by atoms with Crippen LogP contribution in [0, 0.1) is 0 Å². The number of rotatable bonds is 5. The fourth-order valence-electron chi connectivity index (χ4n) is 3.72. The molecule has 0 saturated heterocycles. The topological polar surface area (TPSA) is 87.7 Å². The highest BCUT2D eigenvalue weighted by Crippen LogP contribution is 2.23. The van der Waals surface area contributed by atoms with Gasteiger partial charge in [0.05, 0.1) is 12.1 Å². The lowest BCUT2D eigenvalue weighted by Crippen LogP contribution is -2.23. The third-order valence-corrected chi connectivity index (χ3v) is 5.05. The Bertz CT molecular complexity index is 1040. The van der Waals surface area contributed by atoms with Crippen LogP contribution in [0.2, 0.25) is 0 Å². The molecule has 2 heterocycles. The zero-order chi connectivity index (χ0) is 19.3. The number of hydrogen-bond donors (Lipinski definition) is 2. The van der Waals surface area contributed by atoms with Crippen molar-refractivity contribution >= 4 is 11.6 Å². The van der Waals surface area contributed by atoms with Crippen molar-refractivity contribution in [1.82, 2.24) is 15.2 Å². The molecule has 4 rings (SSSR count). The summed E-state index contributed by atoms with van der Waals surface area (Å²) >= 11 is 0. The highest BCUT2D eigenvalue weighted by molar-refractivity contribution is 5.92. The van der Waals surface area contributed by atoms with Gasteiger partial charge in [-0.25, -0.2) is 5.10 Å². The van der Waals surface area contributed by atoms with E-state index in [1.54, 1.807) is 12.4 Å². The van der Waals surface area contributed by atoms with Gasteiger partial charge in [0.2, 0.25) is 5.91 Å². The Morgan fingerprint density at radius 1 is 1.07 bits per heavy atom. The zero-order valence-corrected chi connectivity index (χ0v) is 15.6. The number of aromatic amines is 1. The van der Waals surface area contributed by atoms with Gasteiger partial charge >= 0.3 is 0 Å². The quantitative estimate of drug-likeness (QED) is 0.719. The molecule has 0 atom stereocenters. The summed E-state index contributed by atoms with van der Waals surface area (Å²) in [5, 5.41) is 9.89. The lowest BCUT2D eigenvalue weighted by atomic mass is 9.90. The van der Waals surface area contributed by atoms with Gasteiger partial charge in [-0.15, -0.1) is 0 Å². The number of carbonyl (C=O) groups is 1. The van der Waals surface area contributed by atoms with Gasteiger partial charge in [-0.1, -0.05) is 18.2 Å². The second-order valence-corrected chi connectivity index (χ2v) is 7.13. The van der Waals surface area contributed by atoms with Crippen molar-refractivity contribution in [1.29, 1.82) is 0 Å². The molecule has 6 nitrogen and oxygen atoms in total. The Morgan fingerprint density at radius 2 is 1.89 bits per heavy atom. The van der Waals surface area contributed by atoms with Gasteiger partial charge < -0.3 is 5.32 Å². The van der Waals surface area contributed by atoms with Crippen molar-refractivity contribution in [2.75, 3.05) is 5.32 Å². The Balaban J connectivity index is 1.49. The van der Waals surface area contributed by atoms with Gasteiger partial charge in [0.1, 0.15) is 0 Å². The van der Waals surface area contributed by atoms with E-state index in [-0.39, 0.29) is 17.9 Å². The van der Waals surface area contributed by atoms with Crippen molar-refractivity contribution in [3.8, 4) is 0 Å². The molecule has 1 amide bonds. The number of nitrogens with one attached hydrogen (secondary N) is 2. The van der Waals surface area contributed by atoms with Gasteiger partial charge in [-0.3, -0.25) is 14.6 Å². The monoisotopic (exact) mass is 374 g/mol. The molecule has 2 N–H and O–H groups in total. The van der Waals surface area contributed by atoms with Crippen LogP contribution in [0.5, 0.6) is 0 Å².